The number of hydrogen-bond donors (Lipinski definition) is 1. The molecule has 0 spiro atoms. The van der Waals surface area contributed by atoms with E-state index in [0.29, 0.717) is 16.8 Å². The maximum atomic E-state index is 14.3. The van der Waals surface area contributed by atoms with Crippen LogP contribution in [0.2, 0.25) is 0 Å². The Morgan fingerprint density at radius 3 is 2.77 bits per heavy atom. The Kier molecular flexibility index (Phi) is 5.62. The largest absolute Gasteiger partial charge is 0.383 e. The zero-order chi connectivity index (χ0) is 22.0. The number of aromatic nitrogens is 8. The summed E-state index contributed by atoms with van der Waals surface area (Å²) in [5.74, 6) is -1.83. The molecule has 4 aromatic rings. The van der Waals surface area contributed by atoms with Crippen LogP contribution in [-0.4, -0.2) is 65.7 Å². The normalized spacial score (nSPS) is 11.4. The van der Waals surface area contributed by atoms with Crippen molar-refractivity contribution in [2.45, 2.75) is 13.0 Å². The summed E-state index contributed by atoms with van der Waals surface area (Å²) in [4.78, 5) is 6.30. The van der Waals surface area contributed by atoms with Crippen LogP contribution in [0.1, 0.15) is 6.42 Å². The minimum atomic E-state index is -1.07. The molecule has 0 amide bonds. The highest BCUT2D eigenvalue weighted by molar-refractivity contribution is 5.75. The monoisotopic (exact) mass is 426 g/mol. The van der Waals surface area contributed by atoms with Gasteiger partial charge < -0.3 is 10.6 Å². The fraction of sp³-hybridized carbons (Fsp3) is 0.263. The second kappa shape index (κ2) is 8.52. The van der Waals surface area contributed by atoms with Gasteiger partial charge in [-0.3, -0.25) is 4.68 Å². The van der Waals surface area contributed by atoms with E-state index < -0.39 is 11.6 Å². The molecule has 12 heteroatoms. The lowest BCUT2D eigenvalue weighted by atomic mass is 10.1. The van der Waals surface area contributed by atoms with E-state index in [0.717, 1.165) is 30.3 Å². The molecule has 0 aliphatic carbocycles. The van der Waals surface area contributed by atoms with Crippen molar-refractivity contribution in [2.24, 2.45) is 0 Å². The fourth-order valence-electron chi connectivity index (χ4n) is 3.06. The van der Waals surface area contributed by atoms with Gasteiger partial charge in [0.15, 0.2) is 17.5 Å². The number of rotatable bonds is 7. The van der Waals surface area contributed by atoms with E-state index in [-0.39, 0.29) is 17.3 Å². The topological polar surface area (TPSA) is 116 Å². The van der Waals surface area contributed by atoms with E-state index in [1.807, 2.05) is 20.3 Å². The summed E-state index contributed by atoms with van der Waals surface area (Å²) < 4.78 is 30.8. The first kappa shape index (κ1) is 20.5. The highest BCUT2D eigenvalue weighted by Crippen LogP contribution is 2.29. The first-order chi connectivity index (χ1) is 14.9. The molecule has 1 aromatic carbocycles. The molecule has 0 aliphatic heterocycles. The lowest BCUT2D eigenvalue weighted by molar-refractivity contribution is 0.379. The van der Waals surface area contributed by atoms with Crippen molar-refractivity contribution in [1.29, 1.82) is 0 Å². The van der Waals surface area contributed by atoms with E-state index in [1.165, 1.54) is 12.1 Å². The molecule has 160 valence electrons. The quantitative estimate of drug-likeness (QED) is 0.475. The number of halogens is 2. The number of benzene rings is 1. The minimum absolute atomic E-state index is 0.120. The SMILES string of the molecule is CN(C)CCCn1cc(-c2cnc(N)c(-c3nnnn3-c3cccc(F)c3F)c2)nn1. The van der Waals surface area contributed by atoms with Crippen LogP contribution in [-0.2, 0) is 6.54 Å². The van der Waals surface area contributed by atoms with Crippen molar-refractivity contribution in [2.75, 3.05) is 26.4 Å². The average Bonchev–Trinajstić information content (AvgIpc) is 3.40. The van der Waals surface area contributed by atoms with Gasteiger partial charge >= 0.3 is 0 Å². The molecule has 2 N–H and O–H groups in total. The highest BCUT2D eigenvalue weighted by Gasteiger charge is 2.20. The number of pyridine rings is 1. The third-order valence-electron chi connectivity index (χ3n) is 4.62. The number of nitrogen functional groups attached to an aromatic ring is 1. The molecule has 0 atom stereocenters. The number of nitrogens with two attached hydrogens (primary N) is 1. The molecule has 0 saturated heterocycles. The summed E-state index contributed by atoms with van der Waals surface area (Å²) in [7, 11) is 4.02. The van der Waals surface area contributed by atoms with E-state index in [9.17, 15) is 8.78 Å². The summed E-state index contributed by atoms with van der Waals surface area (Å²) in [6.45, 7) is 1.65. The Labute approximate surface area is 176 Å². The van der Waals surface area contributed by atoms with Crippen LogP contribution in [0.25, 0.3) is 28.3 Å². The third-order valence-corrected chi connectivity index (χ3v) is 4.62. The van der Waals surface area contributed by atoms with E-state index in [2.05, 4.69) is 35.7 Å². The van der Waals surface area contributed by atoms with Gasteiger partial charge in [0.05, 0.1) is 11.8 Å². The Balaban J connectivity index is 1.67. The van der Waals surface area contributed by atoms with Gasteiger partial charge in [0, 0.05) is 18.3 Å². The first-order valence-electron chi connectivity index (χ1n) is 9.48. The lowest BCUT2D eigenvalue weighted by Crippen LogP contribution is -2.15. The average molecular weight is 426 g/mol. The van der Waals surface area contributed by atoms with Crippen LogP contribution in [0, 0.1) is 11.6 Å². The summed E-state index contributed by atoms with van der Waals surface area (Å²) >= 11 is 0. The van der Waals surface area contributed by atoms with Crippen molar-refractivity contribution in [1.82, 2.24) is 45.1 Å². The van der Waals surface area contributed by atoms with Crippen LogP contribution in [0.4, 0.5) is 14.6 Å². The van der Waals surface area contributed by atoms with Gasteiger partial charge in [-0.05, 0) is 55.7 Å². The van der Waals surface area contributed by atoms with Gasteiger partial charge in [-0.25, -0.2) is 13.8 Å². The van der Waals surface area contributed by atoms with Gasteiger partial charge in [-0.15, -0.1) is 10.2 Å². The molecule has 3 heterocycles. The molecule has 0 radical (unpaired) electrons. The van der Waals surface area contributed by atoms with E-state index in [4.69, 9.17) is 5.73 Å². The number of hydrogen-bond acceptors (Lipinski definition) is 8. The number of aryl methyl sites for hydroxylation is 1. The maximum Gasteiger partial charge on any atom is 0.190 e. The third kappa shape index (κ3) is 4.23. The highest BCUT2D eigenvalue weighted by atomic mass is 19.2. The number of nitrogens with zero attached hydrogens (tertiary/aromatic N) is 9. The molecule has 0 bridgehead atoms. The Morgan fingerprint density at radius 1 is 1.13 bits per heavy atom. The molecule has 31 heavy (non-hydrogen) atoms. The molecule has 3 aromatic heterocycles. The summed E-state index contributed by atoms with van der Waals surface area (Å²) in [5.41, 5.74) is 7.48. The zero-order valence-corrected chi connectivity index (χ0v) is 16.9. The second-order valence-corrected chi connectivity index (χ2v) is 7.17. The maximum absolute atomic E-state index is 14.3. The van der Waals surface area contributed by atoms with E-state index in [1.54, 1.807) is 16.9 Å². The Morgan fingerprint density at radius 2 is 1.97 bits per heavy atom. The second-order valence-electron chi connectivity index (χ2n) is 7.17. The molecular formula is C19H20F2N10. The zero-order valence-electron chi connectivity index (χ0n) is 16.9. The standard InChI is InChI=1S/C19H20F2N10/c1-29(2)7-4-8-30-11-15(24-27-30)12-9-13(18(22)23-10-12)19-25-26-28-31(19)16-6-3-5-14(20)17(16)21/h3,5-6,9-11H,4,7-8H2,1-2H3,(H2,22,23). The van der Waals surface area contributed by atoms with Crippen LogP contribution in [0.15, 0.2) is 36.7 Å². The van der Waals surface area contributed by atoms with Crippen molar-refractivity contribution < 1.29 is 8.78 Å². The van der Waals surface area contributed by atoms with Crippen molar-refractivity contribution in [3.05, 3.63) is 48.3 Å². The van der Waals surface area contributed by atoms with Gasteiger partial charge in [-0.2, -0.15) is 4.68 Å². The molecule has 0 unspecified atom stereocenters. The summed E-state index contributed by atoms with van der Waals surface area (Å²) in [6.07, 6.45) is 4.29. The first-order valence-corrected chi connectivity index (χ1v) is 9.48. The van der Waals surface area contributed by atoms with Gasteiger partial charge in [-0.1, -0.05) is 11.3 Å². The molecule has 0 saturated carbocycles. The summed E-state index contributed by atoms with van der Waals surface area (Å²) in [6, 6.07) is 5.44. The minimum Gasteiger partial charge on any atom is -0.383 e. The van der Waals surface area contributed by atoms with Crippen molar-refractivity contribution in [3.63, 3.8) is 0 Å². The van der Waals surface area contributed by atoms with Gasteiger partial charge in [0.25, 0.3) is 0 Å². The number of anilines is 1. The molecule has 0 fully saturated rings. The van der Waals surface area contributed by atoms with E-state index >= 15 is 0 Å². The van der Waals surface area contributed by atoms with Crippen molar-refractivity contribution >= 4 is 5.82 Å². The lowest BCUT2D eigenvalue weighted by Gasteiger charge is -2.09. The van der Waals surface area contributed by atoms with Gasteiger partial charge in [0.2, 0.25) is 0 Å². The van der Waals surface area contributed by atoms with Crippen LogP contribution < -0.4 is 5.73 Å². The van der Waals surface area contributed by atoms with Gasteiger partial charge in [0.1, 0.15) is 17.2 Å². The van der Waals surface area contributed by atoms with Crippen molar-refractivity contribution in [3.8, 4) is 28.3 Å². The Hall–Kier alpha value is -3.80. The predicted molar refractivity (Wildman–Crippen MR) is 109 cm³/mol. The molecule has 0 aliphatic rings. The van der Waals surface area contributed by atoms with Crippen LogP contribution >= 0.6 is 0 Å². The smallest absolute Gasteiger partial charge is 0.190 e. The fourth-order valence-corrected chi connectivity index (χ4v) is 3.06. The molecular weight excluding hydrogens is 406 g/mol. The predicted octanol–water partition coefficient (Wildman–Crippen LogP) is 1.79. The molecule has 10 nitrogen and oxygen atoms in total. The molecule has 4 rings (SSSR count). The Bertz CT molecular complexity index is 1200. The number of tetrazole rings is 1. The summed E-state index contributed by atoms with van der Waals surface area (Å²) in [5, 5.41) is 19.7. The van der Waals surface area contributed by atoms with Crippen LogP contribution in [0.3, 0.4) is 0 Å². The van der Waals surface area contributed by atoms with Crippen LogP contribution in [0.5, 0.6) is 0 Å².